The Morgan fingerprint density at radius 3 is 1.35 bits per heavy atom. The van der Waals surface area contributed by atoms with E-state index < -0.39 is 20.0 Å². The topological polar surface area (TPSA) is 105 Å². The van der Waals surface area contributed by atoms with Crippen LogP contribution < -0.4 is 5.32 Å². The highest BCUT2D eigenvalue weighted by Crippen LogP contribution is 2.43. The Bertz CT molecular complexity index is 984. The molecule has 3 atom stereocenters. The Labute approximate surface area is 354 Å². The van der Waals surface area contributed by atoms with E-state index in [0.717, 1.165) is 38.5 Å². The number of allylic oxidation sites excluding steroid dienone is 3. The molecule has 0 radical (unpaired) electrons. The number of likely N-dealkylation sites (N-methyl/N-ethyl adjacent to an activating group) is 1. The van der Waals surface area contributed by atoms with Crippen LogP contribution >= 0.6 is 7.82 Å². The quantitative estimate of drug-likeness (QED) is 0.0244. The molecular weight excluding hydrogens is 732 g/mol. The summed E-state index contributed by atoms with van der Waals surface area (Å²) in [5.41, 5.74) is 0. The molecule has 0 aromatic heterocycles. The molecule has 0 aromatic carbocycles. The third-order valence-corrected chi connectivity index (χ3v) is 11.9. The highest BCUT2D eigenvalue weighted by Gasteiger charge is 2.27. The van der Waals surface area contributed by atoms with E-state index in [1.807, 2.05) is 27.2 Å². The van der Waals surface area contributed by atoms with Crippen LogP contribution in [0.1, 0.15) is 226 Å². The van der Waals surface area contributed by atoms with Gasteiger partial charge in [0, 0.05) is 6.42 Å². The molecule has 0 bridgehead atoms. The van der Waals surface area contributed by atoms with Gasteiger partial charge >= 0.3 is 7.82 Å². The standard InChI is InChI=1S/C48H95N2O6P/c1-6-8-10-12-14-16-18-20-22-23-24-25-26-27-28-30-32-34-36-38-40-42-48(52)49-46(45-56-57(53,54)55-44-43-50(3,4)5)47(51)41-39-37-35-33-31-29-21-19-17-15-13-11-9-7-2/h25-26,39,41,46-47,51H,6-24,27-38,40,42-45H2,1-5H3,(H-,49,52,53,54)/p+1/b26-25-,41-39+. The molecular formula is C48H96N2O6P+. The highest BCUT2D eigenvalue weighted by molar-refractivity contribution is 7.47. The number of quaternary nitrogens is 1. The normalized spacial score (nSPS) is 14.4. The van der Waals surface area contributed by atoms with Crippen molar-refractivity contribution in [3.05, 3.63) is 24.3 Å². The van der Waals surface area contributed by atoms with Crippen molar-refractivity contribution < 1.29 is 32.9 Å². The van der Waals surface area contributed by atoms with E-state index in [1.165, 1.54) is 167 Å². The van der Waals surface area contributed by atoms with Crippen molar-refractivity contribution in [1.29, 1.82) is 0 Å². The maximum absolute atomic E-state index is 12.9. The lowest BCUT2D eigenvalue weighted by molar-refractivity contribution is -0.870. The Balaban J connectivity index is 4.32. The smallest absolute Gasteiger partial charge is 0.387 e. The van der Waals surface area contributed by atoms with Gasteiger partial charge in [-0.15, -0.1) is 0 Å². The minimum absolute atomic E-state index is 0.0618. The van der Waals surface area contributed by atoms with Crippen LogP contribution in [0, 0.1) is 0 Å². The number of phosphoric acid groups is 1. The molecule has 1 amide bonds. The van der Waals surface area contributed by atoms with E-state index in [-0.39, 0.29) is 19.1 Å². The first-order valence-electron chi connectivity index (χ1n) is 24.2. The minimum atomic E-state index is -4.34. The number of nitrogens with zero attached hydrogens (tertiary/aromatic N) is 1. The van der Waals surface area contributed by atoms with Gasteiger partial charge in [-0.2, -0.15) is 0 Å². The first-order chi connectivity index (χ1) is 27.5. The molecule has 0 aliphatic rings. The molecule has 8 nitrogen and oxygen atoms in total. The van der Waals surface area contributed by atoms with Crippen LogP contribution in [-0.2, 0) is 18.4 Å². The van der Waals surface area contributed by atoms with Gasteiger partial charge in [0.1, 0.15) is 13.2 Å². The number of hydrogen-bond acceptors (Lipinski definition) is 5. The lowest BCUT2D eigenvalue weighted by Gasteiger charge is -2.25. The monoisotopic (exact) mass is 828 g/mol. The molecule has 57 heavy (non-hydrogen) atoms. The van der Waals surface area contributed by atoms with Crippen molar-refractivity contribution in [2.75, 3.05) is 40.9 Å². The third kappa shape index (κ3) is 42.9. The number of phosphoric ester groups is 1. The highest BCUT2D eigenvalue weighted by atomic mass is 31.2. The summed E-state index contributed by atoms with van der Waals surface area (Å²) >= 11 is 0. The van der Waals surface area contributed by atoms with Gasteiger partial charge in [-0.25, -0.2) is 4.57 Å². The van der Waals surface area contributed by atoms with Gasteiger partial charge in [-0.1, -0.05) is 199 Å². The summed E-state index contributed by atoms with van der Waals surface area (Å²) in [4.78, 5) is 23.2. The summed E-state index contributed by atoms with van der Waals surface area (Å²) in [6.45, 7) is 4.82. The van der Waals surface area contributed by atoms with Gasteiger partial charge in [-0.3, -0.25) is 13.8 Å². The average Bonchev–Trinajstić information content (AvgIpc) is 3.16. The molecule has 3 unspecified atom stereocenters. The minimum Gasteiger partial charge on any atom is -0.387 e. The summed E-state index contributed by atoms with van der Waals surface area (Å²) in [5.74, 6) is -0.180. The van der Waals surface area contributed by atoms with Gasteiger partial charge in [0.2, 0.25) is 5.91 Å². The van der Waals surface area contributed by atoms with Gasteiger partial charge in [0.25, 0.3) is 0 Å². The first-order valence-corrected chi connectivity index (χ1v) is 25.7. The van der Waals surface area contributed by atoms with Crippen LogP contribution in [0.15, 0.2) is 24.3 Å². The molecule has 0 rings (SSSR count). The molecule has 3 N–H and O–H groups in total. The molecule has 0 saturated heterocycles. The Morgan fingerprint density at radius 2 is 0.947 bits per heavy atom. The van der Waals surface area contributed by atoms with Crippen molar-refractivity contribution in [1.82, 2.24) is 5.32 Å². The molecule has 0 aliphatic heterocycles. The van der Waals surface area contributed by atoms with Crippen LogP contribution in [0.3, 0.4) is 0 Å². The van der Waals surface area contributed by atoms with E-state index in [2.05, 4.69) is 31.3 Å². The van der Waals surface area contributed by atoms with Crippen molar-refractivity contribution in [2.24, 2.45) is 0 Å². The summed E-state index contributed by atoms with van der Waals surface area (Å²) < 4.78 is 23.6. The predicted molar refractivity (Wildman–Crippen MR) is 245 cm³/mol. The number of hydrogen-bond donors (Lipinski definition) is 3. The van der Waals surface area contributed by atoms with E-state index in [0.29, 0.717) is 17.4 Å². The second-order valence-corrected chi connectivity index (χ2v) is 19.3. The van der Waals surface area contributed by atoms with Crippen LogP contribution in [0.5, 0.6) is 0 Å². The van der Waals surface area contributed by atoms with Crippen molar-refractivity contribution >= 4 is 13.7 Å². The van der Waals surface area contributed by atoms with Gasteiger partial charge < -0.3 is 19.8 Å². The second kappa shape index (κ2) is 40.4. The molecule has 9 heteroatoms. The molecule has 338 valence electrons. The number of aliphatic hydroxyl groups is 1. The van der Waals surface area contributed by atoms with Gasteiger partial charge in [-0.05, 0) is 44.9 Å². The van der Waals surface area contributed by atoms with Crippen LogP contribution in [0.4, 0.5) is 0 Å². The number of rotatable bonds is 44. The third-order valence-electron chi connectivity index (χ3n) is 10.9. The Kier molecular flexibility index (Phi) is 39.7. The fourth-order valence-electron chi connectivity index (χ4n) is 7.04. The van der Waals surface area contributed by atoms with Crippen molar-refractivity contribution in [2.45, 2.75) is 238 Å². The summed E-state index contributed by atoms with van der Waals surface area (Å²) in [7, 11) is 1.57. The lowest BCUT2D eigenvalue weighted by atomic mass is 10.0. The molecule has 0 aromatic rings. The largest absolute Gasteiger partial charge is 0.472 e. The Morgan fingerprint density at radius 1 is 0.579 bits per heavy atom. The number of carbonyl (C=O) groups excluding carboxylic acids is 1. The van der Waals surface area contributed by atoms with E-state index in [9.17, 15) is 19.4 Å². The number of carbonyl (C=O) groups is 1. The fourth-order valence-corrected chi connectivity index (χ4v) is 7.77. The predicted octanol–water partition coefficient (Wildman–Crippen LogP) is 13.7. The molecule has 0 aliphatic carbocycles. The zero-order valence-electron chi connectivity index (χ0n) is 38.3. The summed E-state index contributed by atoms with van der Waals surface area (Å²) in [6, 6.07) is -0.845. The number of amides is 1. The average molecular weight is 828 g/mol. The number of nitrogens with one attached hydrogen (secondary N) is 1. The van der Waals surface area contributed by atoms with E-state index in [1.54, 1.807) is 6.08 Å². The number of unbranched alkanes of at least 4 members (excludes halogenated alkanes) is 29. The van der Waals surface area contributed by atoms with Crippen molar-refractivity contribution in [3.63, 3.8) is 0 Å². The zero-order valence-corrected chi connectivity index (χ0v) is 39.2. The summed E-state index contributed by atoms with van der Waals surface area (Å²) in [5, 5.41) is 13.8. The van der Waals surface area contributed by atoms with Crippen LogP contribution in [0.25, 0.3) is 0 Å². The van der Waals surface area contributed by atoms with Gasteiger partial charge in [0.05, 0.1) is 39.9 Å². The van der Waals surface area contributed by atoms with E-state index >= 15 is 0 Å². The van der Waals surface area contributed by atoms with Gasteiger partial charge in [0.15, 0.2) is 0 Å². The number of aliphatic hydroxyl groups excluding tert-OH is 1. The van der Waals surface area contributed by atoms with Crippen LogP contribution in [0.2, 0.25) is 0 Å². The zero-order chi connectivity index (χ0) is 42.1. The first kappa shape index (κ1) is 56.0. The maximum atomic E-state index is 12.9. The van der Waals surface area contributed by atoms with Crippen molar-refractivity contribution in [3.8, 4) is 0 Å². The molecule has 0 saturated carbocycles. The second-order valence-electron chi connectivity index (χ2n) is 17.8. The fraction of sp³-hybridized carbons (Fsp3) is 0.896. The lowest BCUT2D eigenvalue weighted by Crippen LogP contribution is -2.45. The van der Waals surface area contributed by atoms with E-state index in [4.69, 9.17) is 9.05 Å². The molecule has 0 fully saturated rings. The maximum Gasteiger partial charge on any atom is 0.472 e. The summed E-state index contributed by atoms with van der Waals surface area (Å²) in [6.07, 6.45) is 48.2. The Hall–Kier alpha value is -1.02. The molecule has 0 heterocycles. The van der Waals surface area contributed by atoms with Crippen LogP contribution in [-0.4, -0.2) is 73.4 Å². The SMILES string of the molecule is CCCCCCCCCCCC/C=C\CCCCCCCCCC(=O)NC(COP(=O)(O)OCC[N+](C)(C)C)C(O)/C=C/CCCCCCCCCCCCCC. The molecule has 0 spiro atoms.